The Labute approximate surface area is 92.9 Å². The summed E-state index contributed by atoms with van der Waals surface area (Å²) in [4.78, 5) is 11.1. The second kappa shape index (κ2) is 5.34. The lowest BCUT2D eigenvalue weighted by Gasteiger charge is -2.09. The molecule has 0 fully saturated rings. The van der Waals surface area contributed by atoms with Gasteiger partial charge in [0.15, 0.2) is 11.6 Å². The van der Waals surface area contributed by atoms with Crippen molar-refractivity contribution in [1.82, 2.24) is 0 Å². The van der Waals surface area contributed by atoms with Gasteiger partial charge in [-0.25, -0.2) is 9.18 Å². The number of benzene rings is 1. The third-order valence-corrected chi connectivity index (χ3v) is 1.66. The van der Waals surface area contributed by atoms with Crippen LogP contribution < -0.4 is 9.47 Å². The molecule has 0 aliphatic heterocycles. The average Bonchev–Trinajstić information content (AvgIpc) is 2.19. The van der Waals surface area contributed by atoms with Crippen LogP contribution in [0.1, 0.15) is 13.8 Å². The van der Waals surface area contributed by atoms with Crippen molar-refractivity contribution in [1.29, 1.82) is 0 Å². The standard InChI is InChI=1S/C11H13FO4/c1-7(2)15-11(13)16-8-4-5-9(12)10(6-8)14-3/h4-7H,1-3H3. The Hall–Kier alpha value is -1.78. The van der Waals surface area contributed by atoms with E-state index in [1.807, 2.05) is 0 Å². The first kappa shape index (κ1) is 12.3. The third-order valence-electron chi connectivity index (χ3n) is 1.66. The molecule has 4 nitrogen and oxygen atoms in total. The number of methoxy groups -OCH3 is 1. The molecule has 0 saturated heterocycles. The number of halogens is 1. The Morgan fingerprint density at radius 3 is 2.62 bits per heavy atom. The first-order valence-electron chi connectivity index (χ1n) is 4.75. The Morgan fingerprint density at radius 2 is 2.06 bits per heavy atom. The lowest BCUT2D eigenvalue weighted by Crippen LogP contribution is -2.15. The molecule has 16 heavy (non-hydrogen) atoms. The minimum Gasteiger partial charge on any atom is -0.494 e. The fourth-order valence-electron chi connectivity index (χ4n) is 1.02. The maximum atomic E-state index is 13.0. The highest BCUT2D eigenvalue weighted by Crippen LogP contribution is 2.23. The van der Waals surface area contributed by atoms with Crippen LogP contribution in [0.4, 0.5) is 9.18 Å². The Kier molecular flexibility index (Phi) is 4.10. The Morgan fingerprint density at radius 1 is 1.38 bits per heavy atom. The van der Waals surface area contributed by atoms with Crippen LogP contribution in [-0.2, 0) is 4.74 Å². The summed E-state index contributed by atoms with van der Waals surface area (Å²) in [5.41, 5.74) is 0. The van der Waals surface area contributed by atoms with Crippen LogP contribution in [0.2, 0.25) is 0 Å². The molecule has 1 aromatic carbocycles. The largest absolute Gasteiger partial charge is 0.514 e. The van der Waals surface area contributed by atoms with Crippen LogP contribution in [0.15, 0.2) is 18.2 Å². The summed E-state index contributed by atoms with van der Waals surface area (Å²) in [5.74, 6) is -0.342. The Balaban J connectivity index is 2.71. The van der Waals surface area contributed by atoms with E-state index in [0.29, 0.717) is 0 Å². The van der Waals surface area contributed by atoms with E-state index in [0.717, 1.165) is 6.07 Å². The van der Waals surface area contributed by atoms with Crippen molar-refractivity contribution in [2.24, 2.45) is 0 Å². The summed E-state index contributed by atoms with van der Waals surface area (Å²) in [6.07, 6.45) is -1.10. The summed E-state index contributed by atoms with van der Waals surface area (Å²) in [5, 5.41) is 0. The van der Waals surface area contributed by atoms with Gasteiger partial charge in [-0.3, -0.25) is 0 Å². The molecule has 0 spiro atoms. The maximum Gasteiger partial charge on any atom is 0.514 e. The molecule has 0 unspecified atom stereocenters. The summed E-state index contributed by atoms with van der Waals surface area (Å²) in [6, 6.07) is 3.74. The van der Waals surface area contributed by atoms with Crippen LogP contribution >= 0.6 is 0 Å². The summed E-state index contributed by atoms with van der Waals surface area (Å²) < 4.78 is 27.3. The van der Waals surface area contributed by atoms with E-state index in [1.54, 1.807) is 13.8 Å². The number of hydrogen-bond donors (Lipinski definition) is 0. The second-order valence-electron chi connectivity index (χ2n) is 3.32. The lowest BCUT2D eigenvalue weighted by molar-refractivity contribution is 0.0728. The lowest BCUT2D eigenvalue weighted by atomic mass is 10.3. The van der Waals surface area contributed by atoms with Crippen molar-refractivity contribution < 1.29 is 23.4 Å². The van der Waals surface area contributed by atoms with Crippen LogP contribution in [0.25, 0.3) is 0 Å². The molecule has 0 atom stereocenters. The molecular formula is C11H13FO4. The van der Waals surface area contributed by atoms with Gasteiger partial charge in [0.05, 0.1) is 13.2 Å². The van der Waals surface area contributed by atoms with Gasteiger partial charge in [0, 0.05) is 6.07 Å². The van der Waals surface area contributed by atoms with Crippen molar-refractivity contribution in [2.45, 2.75) is 20.0 Å². The van der Waals surface area contributed by atoms with E-state index < -0.39 is 12.0 Å². The molecule has 0 N–H and O–H groups in total. The number of rotatable bonds is 3. The molecule has 0 amide bonds. The van der Waals surface area contributed by atoms with Crippen molar-refractivity contribution in [3.63, 3.8) is 0 Å². The van der Waals surface area contributed by atoms with Gasteiger partial charge >= 0.3 is 6.16 Å². The van der Waals surface area contributed by atoms with Gasteiger partial charge in [0.2, 0.25) is 0 Å². The maximum absolute atomic E-state index is 13.0. The van der Waals surface area contributed by atoms with Crippen molar-refractivity contribution >= 4 is 6.16 Å². The molecule has 5 heteroatoms. The van der Waals surface area contributed by atoms with Crippen molar-refractivity contribution in [2.75, 3.05) is 7.11 Å². The minimum absolute atomic E-state index is 0.00912. The van der Waals surface area contributed by atoms with E-state index in [4.69, 9.17) is 14.2 Å². The molecule has 0 saturated carbocycles. The third kappa shape index (κ3) is 3.42. The molecule has 0 aromatic heterocycles. The molecule has 0 heterocycles. The zero-order chi connectivity index (χ0) is 12.1. The molecule has 0 bridgehead atoms. The quantitative estimate of drug-likeness (QED) is 0.589. The fourth-order valence-corrected chi connectivity index (χ4v) is 1.02. The van der Waals surface area contributed by atoms with Gasteiger partial charge < -0.3 is 14.2 Å². The average molecular weight is 228 g/mol. The molecule has 0 aliphatic rings. The minimum atomic E-state index is -0.830. The Bertz CT molecular complexity index is 376. The zero-order valence-electron chi connectivity index (χ0n) is 9.32. The number of carbonyl (C=O) groups is 1. The monoisotopic (exact) mass is 228 g/mol. The molecule has 1 rings (SSSR count). The predicted octanol–water partition coefficient (Wildman–Crippen LogP) is 2.76. The summed E-state index contributed by atoms with van der Waals surface area (Å²) in [7, 11) is 1.33. The summed E-state index contributed by atoms with van der Waals surface area (Å²) >= 11 is 0. The fraction of sp³-hybridized carbons (Fsp3) is 0.364. The highest BCUT2D eigenvalue weighted by molar-refractivity contribution is 5.64. The highest BCUT2D eigenvalue weighted by atomic mass is 19.1. The molecular weight excluding hydrogens is 215 g/mol. The van der Waals surface area contributed by atoms with E-state index in [1.165, 1.54) is 19.2 Å². The van der Waals surface area contributed by atoms with Gasteiger partial charge in [0.1, 0.15) is 5.75 Å². The topological polar surface area (TPSA) is 44.8 Å². The zero-order valence-corrected chi connectivity index (χ0v) is 9.32. The summed E-state index contributed by atoms with van der Waals surface area (Å²) in [6.45, 7) is 3.40. The number of carbonyl (C=O) groups excluding carboxylic acids is 1. The molecule has 1 aromatic rings. The van der Waals surface area contributed by atoms with Crippen LogP contribution in [0.5, 0.6) is 11.5 Å². The normalized spacial score (nSPS) is 10.1. The van der Waals surface area contributed by atoms with E-state index >= 15 is 0 Å². The van der Waals surface area contributed by atoms with Crippen LogP contribution in [0.3, 0.4) is 0 Å². The van der Waals surface area contributed by atoms with Crippen LogP contribution in [0, 0.1) is 5.82 Å². The van der Waals surface area contributed by atoms with Gasteiger partial charge in [-0.05, 0) is 26.0 Å². The first-order valence-corrected chi connectivity index (χ1v) is 4.75. The van der Waals surface area contributed by atoms with E-state index in [-0.39, 0.29) is 17.6 Å². The van der Waals surface area contributed by atoms with Crippen molar-refractivity contribution in [3.05, 3.63) is 24.0 Å². The number of hydrogen-bond acceptors (Lipinski definition) is 4. The second-order valence-corrected chi connectivity index (χ2v) is 3.32. The molecule has 0 radical (unpaired) electrons. The smallest absolute Gasteiger partial charge is 0.494 e. The van der Waals surface area contributed by atoms with Crippen molar-refractivity contribution in [3.8, 4) is 11.5 Å². The van der Waals surface area contributed by atoms with Gasteiger partial charge in [-0.15, -0.1) is 0 Å². The number of ether oxygens (including phenoxy) is 3. The van der Waals surface area contributed by atoms with Crippen LogP contribution in [-0.4, -0.2) is 19.4 Å². The molecule has 0 aliphatic carbocycles. The highest BCUT2D eigenvalue weighted by Gasteiger charge is 2.10. The van der Waals surface area contributed by atoms with E-state index in [2.05, 4.69) is 0 Å². The predicted molar refractivity (Wildman–Crippen MR) is 55.2 cm³/mol. The molecule has 88 valence electrons. The van der Waals surface area contributed by atoms with E-state index in [9.17, 15) is 9.18 Å². The SMILES string of the molecule is COc1cc(OC(=O)OC(C)C)ccc1F. The van der Waals surface area contributed by atoms with Gasteiger partial charge in [-0.2, -0.15) is 0 Å². The van der Waals surface area contributed by atoms with Gasteiger partial charge in [-0.1, -0.05) is 0 Å². The first-order chi connectivity index (χ1) is 7.52. The van der Waals surface area contributed by atoms with Gasteiger partial charge in [0.25, 0.3) is 0 Å².